The van der Waals surface area contributed by atoms with Crippen LogP contribution in [0.2, 0.25) is 0 Å². The van der Waals surface area contributed by atoms with Gasteiger partial charge < -0.3 is 4.34 Å². The number of halogens is 4. The summed E-state index contributed by atoms with van der Waals surface area (Å²) in [5.41, 5.74) is 1.41. The molecule has 0 aliphatic rings. The lowest BCUT2D eigenvalue weighted by Gasteiger charge is -2.13. The Kier molecular flexibility index (Phi) is 4.70. The zero-order valence-corrected chi connectivity index (χ0v) is 12.1. The molecule has 0 unspecified atom stereocenters. The SMILES string of the molecule is FC(F)(F)c1ccc(CCc2ccccc2)cc1NBr. The van der Waals surface area contributed by atoms with Crippen LogP contribution >= 0.6 is 16.1 Å². The second kappa shape index (κ2) is 6.31. The van der Waals surface area contributed by atoms with Crippen LogP contribution in [0.15, 0.2) is 48.5 Å². The molecule has 1 N–H and O–H groups in total. The fourth-order valence-corrected chi connectivity index (χ4v) is 2.33. The average Bonchev–Trinajstić information content (AvgIpc) is 2.45. The van der Waals surface area contributed by atoms with Gasteiger partial charge >= 0.3 is 6.18 Å². The molecule has 0 aromatic heterocycles. The molecule has 0 aliphatic carbocycles. The second-order valence-electron chi connectivity index (χ2n) is 4.46. The molecular weight excluding hydrogens is 331 g/mol. The van der Waals surface area contributed by atoms with Gasteiger partial charge in [-0.25, -0.2) is 0 Å². The quantitative estimate of drug-likeness (QED) is 0.751. The van der Waals surface area contributed by atoms with Crippen LogP contribution in [0.1, 0.15) is 16.7 Å². The van der Waals surface area contributed by atoms with Crippen molar-refractivity contribution in [2.45, 2.75) is 19.0 Å². The summed E-state index contributed by atoms with van der Waals surface area (Å²) in [6, 6.07) is 14.0. The third kappa shape index (κ3) is 3.76. The monoisotopic (exact) mass is 343 g/mol. The molecule has 0 saturated carbocycles. The summed E-state index contributed by atoms with van der Waals surface area (Å²) in [7, 11) is 0. The van der Waals surface area contributed by atoms with E-state index in [2.05, 4.69) is 20.5 Å². The first-order chi connectivity index (χ1) is 9.50. The van der Waals surface area contributed by atoms with Crippen LogP contribution in [0.25, 0.3) is 0 Å². The lowest BCUT2D eigenvalue weighted by Crippen LogP contribution is -2.08. The van der Waals surface area contributed by atoms with Gasteiger partial charge in [0.05, 0.1) is 11.3 Å². The van der Waals surface area contributed by atoms with E-state index >= 15 is 0 Å². The minimum absolute atomic E-state index is 0.0445. The predicted molar refractivity (Wildman–Crippen MR) is 77.8 cm³/mol. The van der Waals surface area contributed by atoms with Gasteiger partial charge in [-0.1, -0.05) is 36.4 Å². The van der Waals surface area contributed by atoms with Crippen molar-refractivity contribution in [3.8, 4) is 0 Å². The fraction of sp³-hybridized carbons (Fsp3) is 0.200. The van der Waals surface area contributed by atoms with Gasteiger partial charge in [0.2, 0.25) is 0 Å². The number of hydrogen-bond acceptors (Lipinski definition) is 1. The van der Waals surface area contributed by atoms with Gasteiger partial charge in [-0.2, -0.15) is 13.2 Å². The topological polar surface area (TPSA) is 12.0 Å². The highest BCUT2D eigenvalue weighted by molar-refractivity contribution is 9.10. The Morgan fingerprint density at radius 2 is 1.55 bits per heavy atom. The Morgan fingerprint density at radius 1 is 0.900 bits per heavy atom. The predicted octanol–water partition coefficient (Wildman–Crippen LogP) is 5.21. The molecule has 0 heterocycles. The molecule has 1 nitrogen and oxygen atoms in total. The molecule has 0 spiro atoms. The van der Waals surface area contributed by atoms with Gasteiger partial charge in [-0.05, 0) is 36.1 Å². The van der Waals surface area contributed by atoms with Gasteiger partial charge in [0.15, 0.2) is 0 Å². The van der Waals surface area contributed by atoms with Crippen molar-refractivity contribution in [2.24, 2.45) is 0 Å². The molecule has 2 aromatic rings. The summed E-state index contributed by atoms with van der Waals surface area (Å²) in [5, 5.41) is 0. The molecular formula is C15H13BrF3N. The Morgan fingerprint density at radius 3 is 2.15 bits per heavy atom. The van der Waals surface area contributed by atoms with Crippen LogP contribution in [0.5, 0.6) is 0 Å². The van der Waals surface area contributed by atoms with Gasteiger partial charge in [-0.3, -0.25) is 0 Å². The number of alkyl halides is 3. The maximum absolute atomic E-state index is 12.8. The minimum Gasteiger partial charge on any atom is -0.322 e. The Bertz CT molecular complexity index is 567. The van der Waals surface area contributed by atoms with Crippen molar-refractivity contribution >= 4 is 21.8 Å². The third-order valence-corrected chi connectivity index (χ3v) is 3.46. The molecule has 2 rings (SSSR count). The van der Waals surface area contributed by atoms with Crippen molar-refractivity contribution in [3.63, 3.8) is 0 Å². The molecule has 5 heteroatoms. The summed E-state index contributed by atoms with van der Waals surface area (Å²) in [6.45, 7) is 0. The van der Waals surface area contributed by atoms with Gasteiger partial charge in [-0.15, -0.1) is 0 Å². The molecule has 0 atom stereocenters. The van der Waals surface area contributed by atoms with Gasteiger partial charge in [0.1, 0.15) is 0 Å². The van der Waals surface area contributed by atoms with Crippen LogP contribution in [-0.2, 0) is 19.0 Å². The van der Waals surface area contributed by atoms with E-state index in [1.165, 1.54) is 17.7 Å². The highest BCUT2D eigenvalue weighted by Gasteiger charge is 2.33. The number of hydrogen-bond donors (Lipinski definition) is 1. The van der Waals surface area contributed by atoms with E-state index in [1.807, 2.05) is 30.3 Å². The molecule has 0 radical (unpaired) electrons. The fourth-order valence-electron chi connectivity index (χ4n) is 2.01. The Labute approximate surface area is 124 Å². The maximum atomic E-state index is 12.8. The van der Waals surface area contributed by atoms with E-state index in [1.54, 1.807) is 0 Å². The molecule has 0 fully saturated rings. The third-order valence-electron chi connectivity index (χ3n) is 3.04. The minimum atomic E-state index is -4.35. The average molecular weight is 344 g/mol. The highest BCUT2D eigenvalue weighted by Crippen LogP contribution is 2.36. The van der Waals surface area contributed by atoms with Crippen molar-refractivity contribution in [1.29, 1.82) is 0 Å². The first kappa shape index (κ1) is 14.9. The highest BCUT2D eigenvalue weighted by atomic mass is 79.9. The van der Waals surface area contributed by atoms with Crippen molar-refractivity contribution in [3.05, 3.63) is 65.2 Å². The van der Waals surface area contributed by atoms with Crippen LogP contribution in [0.3, 0.4) is 0 Å². The van der Waals surface area contributed by atoms with E-state index < -0.39 is 11.7 Å². The van der Waals surface area contributed by atoms with Crippen molar-refractivity contribution < 1.29 is 13.2 Å². The number of benzene rings is 2. The zero-order chi connectivity index (χ0) is 14.6. The number of nitrogens with one attached hydrogen (secondary N) is 1. The van der Waals surface area contributed by atoms with Gasteiger partial charge in [0.25, 0.3) is 0 Å². The summed E-state index contributed by atoms with van der Waals surface area (Å²) in [5.74, 6) is 0. The molecule has 0 saturated heterocycles. The van der Waals surface area contributed by atoms with Crippen LogP contribution in [0.4, 0.5) is 18.9 Å². The summed E-state index contributed by atoms with van der Waals surface area (Å²) >= 11 is 2.88. The lowest BCUT2D eigenvalue weighted by molar-refractivity contribution is -0.136. The number of aryl methyl sites for hydroxylation is 2. The number of rotatable bonds is 4. The number of anilines is 1. The van der Waals surface area contributed by atoms with Crippen molar-refractivity contribution in [1.82, 2.24) is 0 Å². The smallest absolute Gasteiger partial charge is 0.322 e. The van der Waals surface area contributed by atoms with Crippen LogP contribution in [-0.4, -0.2) is 0 Å². The summed E-state index contributed by atoms with van der Waals surface area (Å²) in [6.07, 6.45) is -2.86. The van der Waals surface area contributed by atoms with Gasteiger partial charge in [0, 0.05) is 16.1 Å². The first-order valence-corrected chi connectivity index (χ1v) is 6.90. The van der Waals surface area contributed by atoms with Crippen LogP contribution < -0.4 is 4.34 Å². The lowest BCUT2D eigenvalue weighted by atomic mass is 10.0. The second-order valence-corrected chi connectivity index (χ2v) is 4.85. The summed E-state index contributed by atoms with van der Waals surface area (Å²) < 4.78 is 40.7. The molecule has 0 bridgehead atoms. The maximum Gasteiger partial charge on any atom is 0.418 e. The van der Waals surface area contributed by atoms with Crippen LogP contribution in [0, 0.1) is 0 Å². The van der Waals surface area contributed by atoms with E-state index in [-0.39, 0.29) is 5.69 Å². The molecule has 0 aliphatic heterocycles. The standard InChI is InChI=1S/C15H13BrF3N/c16-20-14-10-12(8-9-13(14)15(17,18)19)7-6-11-4-2-1-3-5-11/h1-5,8-10,20H,6-7H2. The van der Waals surface area contributed by atoms with E-state index in [0.717, 1.165) is 18.1 Å². The largest absolute Gasteiger partial charge is 0.418 e. The van der Waals surface area contributed by atoms with E-state index in [4.69, 9.17) is 0 Å². The van der Waals surface area contributed by atoms with Crippen molar-refractivity contribution in [2.75, 3.05) is 4.34 Å². The molecule has 2 aromatic carbocycles. The normalized spacial score (nSPS) is 11.4. The molecule has 0 amide bonds. The Balaban J connectivity index is 2.14. The van der Waals surface area contributed by atoms with E-state index in [9.17, 15) is 13.2 Å². The summed E-state index contributed by atoms with van der Waals surface area (Å²) in [4.78, 5) is 0. The zero-order valence-electron chi connectivity index (χ0n) is 10.5. The Hall–Kier alpha value is -1.49. The first-order valence-electron chi connectivity index (χ1n) is 6.11. The molecule has 20 heavy (non-hydrogen) atoms. The van der Waals surface area contributed by atoms with E-state index in [0.29, 0.717) is 6.42 Å². The molecule has 106 valence electrons.